The van der Waals surface area contributed by atoms with Gasteiger partial charge in [0.1, 0.15) is 18.1 Å². The van der Waals surface area contributed by atoms with E-state index in [0.717, 1.165) is 24.2 Å². The Hall–Kier alpha value is -3.09. The van der Waals surface area contributed by atoms with Crippen LogP contribution in [0.3, 0.4) is 0 Å². The van der Waals surface area contributed by atoms with E-state index in [1.807, 2.05) is 24.3 Å². The van der Waals surface area contributed by atoms with E-state index in [9.17, 15) is 4.79 Å². The van der Waals surface area contributed by atoms with Gasteiger partial charge in [0.05, 0.1) is 18.9 Å². The molecule has 0 aliphatic carbocycles. The largest absolute Gasteiger partial charge is 0.497 e. The van der Waals surface area contributed by atoms with Crippen molar-refractivity contribution in [1.29, 1.82) is 0 Å². The molecule has 1 aliphatic rings. The van der Waals surface area contributed by atoms with Crippen LogP contribution in [0, 0.1) is 0 Å². The molecule has 0 saturated carbocycles. The van der Waals surface area contributed by atoms with Crippen molar-refractivity contribution in [3.63, 3.8) is 0 Å². The molecule has 0 unspecified atom stereocenters. The first-order valence-electron chi connectivity index (χ1n) is 8.07. The average Bonchev–Trinajstić information content (AvgIpc) is 3.42. The number of methoxy groups -OCH3 is 1. The maximum absolute atomic E-state index is 12.6. The molecule has 1 aromatic carbocycles. The SMILES string of the molecule is COc1ccc(-c2noc([C@@H]3CCCN3C(=O)c3ccoc3)n2)cc1. The molecule has 1 fully saturated rings. The predicted molar refractivity (Wildman–Crippen MR) is 88.0 cm³/mol. The van der Waals surface area contributed by atoms with Crippen LogP contribution in [0.15, 0.2) is 51.8 Å². The summed E-state index contributed by atoms with van der Waals surface area (Å²) in [6, 6.07) is 8.88. The molecular formula is C18H17N3O4. The Morgan fingerprint density at radius 1 is 1.28 bits per heavy atom. The van der Waals surface area contributed by atoms with Gasteiger partial charge < -0.3 is 18.6 Å². The van der Waals surface area contributed by atoms with Gasteiger partial charge in [0.25, 0.3) is 5.91 Å². The van der Waals surface area contributed by atoms with Gasteiger partial charge in [-0.1, -0.05) is 5.16 Å². The van der Waals surface area contributed by atoms with Crippen molar-refractivity contribution in [2.75, 3.05) is 13.7 Å². The molecule has 3 aromatic rings. The normalized spacial score (nSPS) is 17.0. The number of rotatable bonds is 4. The van der Waals surface area contributed by atoms with E-state index >= 15 is 0 Å². The van der Waals surface area contributed by atoms with Gasteiger partial charge in [-0.3, -0.25) is 4.79 Å². The second-order valence-corrected chi connectivity index (χ2v) is 5.85. The number of amides is 1. The van der Waals surface area contributed by atoms with Gasteiger partial charge in [-0.15, -0.1) is 0 Å². The number of likely N-dealkylation sites (tertiary alicyclic amines) is 1. The maximum atomic E-state index is 12.6. The van der Waals surface area contributed by atoms with E-state index in [1.54, 1.807) is 18.1 Å². The lowest BCUT2D eigenvalue weighted by atomic mass is 10.2. The number of carbonyl (C=O) groups excluding carboxylic acids is 1. The van der Waals surface area contributed by atoms with Gasteiger partial charge in [0, 0.05) is 12.1 Å². The zero-order valence-electron chi connectivity index (χ0n) is 13.7. The van der Waals surface area contributed by atoms with Crippen molar-refractivity contribution < 1.29 is 18.5 Å². The fourth-order valence-electron chi connectivity index (χ4n) is 3.05. The molecule has 25 heavy (non-hydrogen) atoms. The highest BCUT2D eigenvalue weighted by molar-refractivity contribution is 5.94. The third kappa shape index (κ3) is 2.88. The van der Waals surface area contributed by atoms with Gasteiger partial charge in [0.2, 0.25) is 11.7 Å². The van der Waals surface area contributed by atoms with Crippen molar-refractivity contribution in [3.8, 4) is 17.1 Å². The summed E-state index contributed by atoms with van der Waals surface area (Å²) >= 11 is 0. The van der Waals surface area contributed by atoms with E-state index < -0.39 is 0 Å². The second kappa shape index (κ2) is 6.43. The number of carbonyl (C=O) groups is 1. The van der Waals surface area contributed by atoms with Crippen molar-refractivity contribution in [3.05, 3.63) is 54.3 Å². The van der Waals surface area contributed by atoms with Crippen LogP contribution < -0.4 is 4.74 Å². The molecule has 1 atom stereocenters. The Morgan fingerprint density at radius 3 is 2.84 bits per heavy atom. The van der Waals surface area contributed by atoms with Crippen LogP contribution in [-0.2, 0) is 0 Å². The topological polar surface area (TPSA) is 81.6 Å². The highest BCUT2D eigenvalue weighted by Crippen LogP contribution is 2.33. The zero-order chi connectivity index (χ0) is 17.2. The lowest BCUT2D eigenvalue weighted by Gasteiger charge is -2.20. The minimum atomic E-state index is -0.207. The van der Waals surface area contributed by atoms with E-state index in [2.05, 4.69) is 10.1 Å². The van der Waals surface area contributed by atoms with Crippen LogP contribution >= 0.6 is 0 Å². The molecule has 0 bridgehead atoms. The third-order valence-electron chi connectivity index (χ3n) is 4.36. The lowest BCUT2D eigenvalue weighted by molar-refractivity contribution is 0.0709. The first kappa shape index (κ1) is 15.4. The monoisotopic (exact) mass is 339 g/mol. The van der Waals surface area contributed by atoms with Gasteiger partial charge >= 0.3 is 0 Å². The Morgan fingerprint density at radius 2 is 2.12 bits per heavy atom. The van der Waals surface area contributed by atoms with Crippen molar-refractivity contribution >= 4 is 5.91 Å². The van der Waals surface area contributed by atoms with Crippen molar-refractivity contribution in [2.45, 2.75) is 18.9 Å². The molecule has 0 N–H and O–H groups in total. The van der Waals surface area contributed by atoms with Gasteiger partial charge in [-0.25, -0.2) is 0 Å². The molecule has 1 amide bonds. The van der Waals surface area contributed by atoms with Gasteiger partial charge in [0.15, 0.2) is 0 Å². The molecule has 128 valence electrons. The quantitative estimate of drug-likeness (QED) is 0.725. The summed E-state index contributed by atoms with van der Waals surface area (Å²) < 4.78 is 15.6. The van der Waals surface area contributed by atoms with Crippen LogP contribution in [0.4, 0.5) is 0 Å². The van der Waals surface area contributed by atoms with E-state index in [0.29, 0.717) is 23.8 Å². The Labute approximate surface area is 144 Å². The fourth-order valence-corrected chi connectivity index (χ4v) is 3.05. The van der Waals surface area contributed by atoms with Gasteiger partial charge in [-0.05, 0) is 43.2 Å². The van der Waals surface area contributed by atoms with Crippen LogP contribution in [0.5, 0.6) is 5.75 Å². The number of benzene rings is 1. The average molecular weight is 339 g/mol. The summed E-state index contributed by atoms with van der Waals surface area (Å²) in [5, 5.41) is 4.06. The molecule has 0 radical (unpaired) electrons. The number of ether oxygens (including phenoxy) is 1. The Bertz CT molecular complexity index is 855. The summed E-state index contributed by atoms with van der Waals surface area (Å²) in [6.45, 7) is 0.662. The number of aromatic nitrogens is 2. The molecule has 0 spiro atoms. The first-order valence-corrected chi connectivity index (χ1v) is 8.07. The number of furan rings is 1. The summed E-state index contributed by atoms with van der Waals surface area (Å²) in [5.74, 6) is 1.64. The first-order chi connectivity index (χ1) is 12.3. The molecule has 1 aliphatic heterocycles. The Balaban J connectivity index is 1.57. The van der Waals surface area contributed by atoms with Crippen LogP contribution in [0.1, 0.15) is 35.1 Å². The summed E-state index contributed by atoms with van der Waals surface area (Å²) in [6.07, 6.45) is 4.64. The van der Waals surface area contributed by atoms with Crippen LogP contribution in [-0.4, -0.2) is 34.6 Å². The third-order valence-corrected chi connectivity index (χ3v) is 4.36. The highest BCUT2D eigenvalue weighted by Gasteiger charge is 2.34. The number of hydrogen-bond acceptors (Lipinski definition) is 6. The summed E-state index contributed by atoms with van der Waals surface area (Å²) in [7, 11) is 1.62. The minimum Gasteiger partial charge on any atom is -0.497 e. The van der Waals surface area contributed by atoms with Gasteiger partial charge in [-0.2, -0.15) is 4.98 Å². The van der Waals surface area contributed by atoms with E-state index in [4.69, 9.17) is 13.7 Å². The summed E-state index contributed by atoms with van der Waals surface area (Å²) in [4.78, 5) is 18.9. The van der Waals surface area contributed by atoms with Crippen LogP contribution in [0.25, 0.3) is 11.4 Å². The van der Waals surface area contributed by atoms with E-state index in [-0.39, 0.29) is 11.9 Å². The van der Waals surface area contributed by atoms with Crippen LogP contribution in [0.2, 0.25) is 0 Å². The van der Waals surface area contributed by atoms with Crippen molar-refractivity contribution in [2.24, 2.45) is 0 Å². The second-order valence-electron chi connectivity index (χ2n) is 5.85. The van der Waals surface area contributed by atoms with Crippen molar-refractivity contribution in [1.82, 2.24) is 15.0 Å². The maximum Gasteiger partial charge on any atom is 0.257 e. The highest BCUT2D eigenvalue weighted by atomic mass is 16.5. The zero-order valence-corrected chi connectivity index (χ0v) is 13.7. The number of hydrogen-bond donors (Lipinski definition) is 0. The number of nitrogens with zero attached hydrogens (tertiary/aromatic N) is 3. The molecule has 2 aromatic heterocycles. The smallest absolute Gasteiger partial charge is 0.257 e. The molecule has 7 heteroatoms. The molecule has 3 heterocycles. The fraction of sp³-hybridized carbons (Fsp3) is 0.278. The molecular weight excluding hydrogens is 322 g/mol. The molecule has 1 saturated heterocycles. The summed E-state index contributed by atoms with van der Waals surface area (Å²) in [5.41, 5.74) is 1.36. The molecule has 4 rings (SSSR count). The predicted octanol–water partition coefficient (Wildman–Crippen LogP) is 3.32. The minimum absolute atomic E-state index is 0.0829. The lowest BCUT2D eigenvalue weighted by Crippen LogP contribution is -2.30. The molecule has 7 nitrogen and oxygen atoms in total. The Kier molecular flexibility index (Phi) is 3.97. The standard InChI is InChI=1S/C18H17N3O4/c1-23-14-6-4-12(5-7-14)16-19-17(25-20-16)15-3-2-9-21(15)18(22)13-8-10-24-11-13/h4-8,10-11,15H,2-3,9H2,1H3/t15-/m0/s1. The van der Waals surface area contributed by atoms with E-state index in [1.165, 1.54) is 12.5 Å².